The van der Waals surface area contributed by atoms with Crippen LogP contribution >= 0.6 is 7.37 Å². The molecule has 1 fully saturated rings. The Balaban J connectivity index is 1.64. The maximum Gasteiger partial charge on any atom is 0.326 e. The second kappa shape index (κ2) is 11.4. The molecule has 0 spiro atoms. The molecule has 0 radical (unpaired) electrons. The van der Waals surface area contributed by atoms with Crippen molar-refractivity contribution in [2.75, 3.05) is 12.7 Å². The number of aryl methyl sites for hydroxylation is 2. The molecule has 0 saturated carbocycles. The first-order chi connectivity index (χ1) is 15.4. The molecule has 3 N–H and O–H groups in total. The van der Waals surface area contributed by atoms with E-state index < -0.39 is 30.9 Å². The lowest BCUT2D eigenvalue weighted by atomic mass is 10.1. The summed E-state index contributed by atoms with van der Waals surface area (Å²) in [4.78, 5) is 44.1. The minimum atomic E-state index is -3.81. The average Bonchev–Trinajstić information content (AvgIpc) is 3.47. The molecule has 32 heavy (non-hydrogen) atoms. The van der Waals surface area contributed by atoms with Crippen molar-refractivity contribution in [2.24, 2.45) is 0 Å². The number of carbonyl (C=O) groups excluding carboxylic acids is 1. The third-order valence-corrected chi connectivity index (χ3v) is 8.51. The summed E-state index contributed by atoms with van der Waals surface area (Å²) in [5.74, 6) is -1.55. The topological polar surface area (TPSA) is 124 Å². The fourth-order valence-corrected chi connectivity index (χ4v) is 6.42. The maximum atomic E-state index is 13.3. The molecule has 174 valence electrons. The smallest absolute Gasteiger partial charge is 0.326 e. The number of carbonyl (C=O) groups is 2. The highest BCUT2D eigenvalue weighted by Gasteiger charge is 2.43. The highest BCUT2D eigenvalue weighted by atomic mass is 31.2. The van der Waals surface area contributed by atoms with Crippen LogP contribution in [0, 0.1) is 0 Å². The first-order valence-electron chi connectivity index (χ1n) is 11.2. The van der Waals surface area contributed by atoms with E-state index in [1.54, 1.807) is 12.5 Å². The second-order valence-electron chi connectivity index (χ2n) is 8.42. The number of amides is 1. The molecule has 1 aromatic carbocycles. The van der Waals surface area contributed by atoms with Gasteiger partial charge in [-0.15, -0.1) is 0 Å². The van der Waals surface area contributed by atoms with E-state index in [0.717, 1.165) is 18.5 Å². The van der Waals surface area contributed by atoms with E-state index in [2.05, 4.69) is 9.97 Å². The van der Waals surface area contributed by atoms with Gasteiger partial charge in [0, 0.05) is 18.9 Å². The number of rotatable bonds is 12. The van der Waals surface area contributed by atoms with Crippen molar-refractivity contribution in [1.82, 2.24) is 14.9 Å². The van der Waals surface area contributed by atoms with Gasteiger partial charge in [0.15, 0.2) is 0 Å². The normalized spacial score (nSPS) is 18.9. The molecule has 2 heterocycles. The lowest BCUT2D eigenvalue weighted by Gasteiger charge is -2.29. The van der Waals surface area contributed by atoms with Gasteiger partial charge in [-0.05, 0) is 56.9 Å². The number of aromatic nitrogens is 2. The Bertz CT molecular complexity index is 919. The number of aromatic amines is 1. The van der Waals surface area contributed by atoms with Gasteiger partial charge in [-0.25, -0.2) is 9.78 Å². The Morgan fingerprint density at radius 1 is 1.19 bits per heavy atom. The quantitative estimate of drug-likeness (QED) is 0.328. The predicted molar refractivity (Wildman–Crippen MR) is 122 cm³/mol. The van der Waals surface area contributed by atoms with Gasteiger partial charge in [0.05, 0.1) is 12.0 Å². The Labute approximate surface area is 188 Å². The number of nitrogens with zero attached hydrogens (tertiary/aromatic N) is 2. The van der Waals surface area contributed by atoms with Crippen LogP contribution in [0.15, 0.2) is 42.9 Å². The fourth-order valence-electron chi connectivity index (χ4n) is 4.35. The molecule has 0 aliphatic carbocycles. The lowest BCUT2D eigenvalue weighted by Crippen LogP contribution is -2.45. The van der Waals surface area contributed by atoms with Gasteiger partial charge in [-0.1, -0.05) is 30.3 Å². The Kier molecular flexibility index (Phi) is 8.65. The zero-order valence-electron chi connectivity index (χ0n) is 18.2. The zero-order chi connectivity index (χ0) is 23.0. The lowest BCUT2D eigenvalue weighted by molar-refractivity contribution is -0.148. The van der Waals surface area contributed by atoms with Gasteiger partial charge >= 0.3 is 5.97 Å². The highest BCUT2D eigenvalue weighted by Crippen LogP contribution is 2.50. The Morgan fingerprint density at radius 3 is 2.66 bits per heavy atom. The van der Waals surface area contributed by atoms with Crippen LogP contribution in [0.25, 0.3) is 0 Å². The molecule has 1 aliphatic heterocycles. The van der Waals surface area contributed by atoms with Crippen LogP contribution in [0.1, 0.15) is 49.8 Å². The molecular formula is C23H32N3O5P. The first kappa shape index (κ1) is 24.2. The van der Waals surface area contributed by atoms with E-state index in [-0.39, 0.29) is 12.6 Å². The van der Waals surface area contributed by atoms with E-state index in [1.165, 1.54) is 10.5 Å². The fraction of sp³-hybridized carbons (Fsp3) is 0.522. The van der Waals surface area contributed by atoms with E-state index in [1.807, 2.05) is 30.3 Å². The summed E-state index contributed by atoms with van der Waals surface area (Å²) in [6.45, 7) is 0.319. The largest absolute Gasteiger partial charge is 0.480 e. The average molecular weight is 461 g/mol. The van der Waals surface area contributed by atoms with E-state index in [4.69, 9.17) is 0 Å². The van der Waals surface area contributed by atoms with Gasteiger partial charge < -0.3 is 19.9 Å². The SMILES string of the molecule is O=C(O)[C@@H]1CCCN1C(=O)C(CCCc1c[nH]cn1)P(=O)(O)CCCCc1ccccc1. The van der Waals surface area contributed by atoms with Crippen molar-refractivity contribution in [3.05, 3.63) is 54.1 Å². The minimum absolute atomic E-state index is 0.0597. The minimum Gasteiger partial charge on any atom is -0.480 e. The number of likely N-dealkylation sites (tertiary alicyclic amines) is 1. The molecular weight excluding hydrogens is 429 g/mol. The third-order valence-electron chi connectivity index (χ3n) is 6.10. The van der Waals surface area contributed by atoms with Gasteiger partial charge in [0.1, 0.15) is 11.7 Å². The number of hydrogen-bond acceptors (Lipinski definition) is 4. The van der Waals surface area contributed by atoms with Crippen molar-refractivity contribution in [1.29, 1.82) is 0 Å². The first-order valence-corrected chi connectivity index (χ1v) is 13.2. The van der Waals surface area contributed by atoms with Crippen LogP contribution in [-0.4, -0.2) is 61.2 Å². The van der Waals surface area contributed by atoms with E-state index in [9.17, 15) is 24.2 Å². The molecule has 3 rings (SSSR count). The van der Waals surface area contributed by atoms with Crippen LogP contribution in [0.3, 0.4) is 0 Å². The third kappa shape index (κ3) is 6.53. The number of nitrogens with one attached hydrogen (secondary N) is 1. The Morgan fingerprint density at radius 2 is 1.97 bits per heavy atom. The molecule has 8 nitrogen and oxygen atoms in total. The molecule has 9 heteroatoms. The summed E-state index contributed by atoms with van der Waals surface area (Å²) in [5, 5.41) is 9.46. The molecule has 1 aliphatic rings. The number of aliphatic carboxylic acids is 1. The number of carboxylic acids is 1. The molecule has 2 unspecified atom stereocenters. The number of unbranched alkanes of at least 4 members (excludes halogenated alkanes) is 1. The van der Waals surface area contributed by atoms with Crippen LogP contribution in [0.2, 0.25) is 0 Å². The molecule has 0 bridgehead atoms. The van der Waals surface area contributed by atoms with Crippen LogP contribution in [0.5, 0.6) is 0 Å². The standard InChI is InChI=1S/C23H32N3O5P/c27-22(26-14-7-12-20(26)23(28)29)21(13-6-11-19-16-24-17-25-19)32(30,31)15-5-4-10-18-8-2-1-3-9-18/h1-3,8-9,16-17,20-21H,4-7,10-15H2,(H,24,25)(H,28,29)(H,30,31)/t20-,21?/m0/s1. The van der Waals surface area contributed by atoms with Crippen molar-refractivity contribution in [3.8, 4) is 0 Å². The van der Waals surface area contributed by atoms with Gasteiger partial charge in [-0.2, -0.15) is 0 Å². The van der Waals surface area contributed by atoms with Gasteiger partial charge in [0.25, 0.3) is 0 Å². The summed E-state index contributed by atoms with van der Waals surface area (Å²) in [7, 11) is -3.81. The highest BCUT2D eigenvalue weighted by molar-refractivity contribution is 7.59. The van der Waals surface area contributed by atoms with Crippen molar-refractivity contribution in [2.45, 2.75) is 63.1 Å². The molecule has 1 aromatic heterocycles. The Hall–Kier alpha value is -2.44. The van der Waals surface area contributed by atoms with Gasteiger partial charge in [-0.3, -0.25) is 9.36 Å². The number of benzene rings is 1. The van der Waals surface area contributed by atoms with Crippen molar-refractivity contribution >= 4 is 19.2 Å². The summed E-state index contributed by atoms with van der Waals surface area (Å²) in [5.41, 5.74) is 0.933. The second-order valence-corrected chi connectivity index (χ2v) is 11.0. The molecule has 1 saturated heterocycles. The molecule has 2 aromatic rings. The predicted octanol–water partition coefficient (Wildman–Crippen LogP) is 3.47. The number of H-pyrrole nitrogens is 1. The summed E-state index contributed by atoms with van der Waals surface area (Å²) < 4.78 is 13.3. The van der Waals surface area contributed by atoms with Crippen molar-refractivity contribution in [3.63, 3.8) is 0 Å². The van der Waals surface area contributed by atoms with Gasteiger partial charge in [0.2, 0.25) is 13.3 Å². The number of imidazole rings is 1. The van der Waals surface area contributed by atoms with E-state index in [0.29, 0.717) is 38.6 Å². The number of carboxylic acid groups (broad SMARTS) is 1. The summed E-state index contributed by atoms with van der Waals surface area (Å²) in [6.07, 6.45) is 7.83. The summed E-state index contributed by atoms with van der Waals surface area (Å²) in [6, 6.07) is 9.03. The summed E-state index contributed by atoms with van der Waals surface area (Å²) >= 11 is 0. The van der Waals surface area contributed by atoms with Crippen LogP contribution < -0.4 is 0 Å². The zero-order valence-corrected chi connectivity index (χ0v) is 19.1. The monoisotopic (exact) mass is 461 g/mol. The maximum absolute atomic E-state index is 13.3. The van der Waals surface area contributed by atoms with Crippen molar-refractivity contribution < 1.29 is 24.2 Å². The number of hydrogen-bond donors (Lipinski definition) is 3. The molecule has 3 atom stereocenters. The van der Waals surface area contributed by atoms with E-state index >= 15 is 0 Å². The van der Waals surface area contributed by atoms with Crippen LogP contribution in [0.4, 0.5) is 0 Å². The van der Waals surface area contributed by atoms with Crippen LogP contribution in [-0.2, 0) is 27.0 Å². The molecule has 1 amide bonds.